The van der Waals surface area contributed by atoms with Crippen LogP contribution < -0.4 is 10.5 Å². The lowest BCUT2D eigenvalue weighted by atomic mass is 10.3. The fourth-order valence-electron chi connectivity index (χ4n) is 1.20. The molecule has 0 aromatic heterocycles. The molecule has 1 atom stereocenters. The van der Waals surface area contributed by atoms with Crippen LogP contribution in [0.3, 0.4) is 0 Å². The fourth-order valence-corrected chi connectivity index (χ4v) is 2.24. The topological polar surface area (TPSA) is 52.3 Å². The van der Waals surface area contributed by atoms with Gasteiger partial charge in [0, 0.05) is 10.9 Å². The zero-order valence-electron chi connectivity index (χ0n) is 9.32. The Morgan fingerprint density at radius 2 is 2.13 bits per heavy atom. The maximum absolute atomic E-state index is 11.9. The average Bonchev–Trinajstić information content (AvgIpc) is 2.20. The van der Waals surface area contributed by atoms with Gasteiger partial charge in [0.15, 0.2) is 0 Å². The molecule has 0 aliphatic carbocycles. The maximum Gasteiger partial charge on any atom is 0.120 e. The van der Waals surface area contributed by atoms with Gasteiger partial charge in [-0.25, -0.2) is 0 Å². The van der Waals surface area contributed by atoms with Crippen LogP contribution in [0.25, 0.3) is 0 Å². The molecule has 0 amide bonds. The summed E-state index contributed by atoms with van der Waals surface area (Å²) >= 11 is 0. The molecule has 1 aromatic carbocycles. The van der Waals surface area contributed by atoms with Gasteiger partial charge in [0.2, 0.25) is 0 Å². The monoisotopic (exact) mass is 227 g/mol. The van der Waals surface area contributed by atoms with Crippen molar-refractivity contribution in [3.63, 3.8) is 0 Å². The Balaban J connectivity index is 3.05. The summed E-state index contributed by atoms with van der Waals surface area (Å²) in [6.45, 7) is 6.32. The van der Waals surface area contributed by atoms with Crippen molar-refractivity contribution in [2.45, 2.75) is 30.9 Å². The van der Waals surface area contributed by atoms with E-state index in [4.69, 9.17) is 10.5 Å². The van der Waals surface area contributed by atoms with E-state index < -0.39 is 10.8 Å². The molecule has 0 radical (unpaired) electrons. The number of rotatable bonds is 4. The Labute approximate surface area is 93.1 Å². The maximum atomic E-state index is 11.9. The van der Waals surface area contributed by atoms with Gasteiger partial charge in [0.05, 0.1) is 22.3 Å². The van der Waals surface area contributed by atoms with E-state index in [1.807, 2.05) is 20.8 Å². The Kier molecular flexibility index (Phi) is 4.15. The molecule has 0 bridgehead atoms. The summed E-state index contributed by atoms with van der Waals surface area (Å²) in [4.78, 5) is 0.663. The van der Waals surface area contributed by atoms with Crippen LogP contribution in [-0.4, -0.2) is 16.1 Å². The molecule has 2 N–H and O–H groups in total. The fraction of sp³-hybridized carbons (Fsp3) is 0.455. The molecular formula is C11H17NO2S. The molecule has 0 saturated carbocycles. The first kappa shape index (κ1) is 12.0. The van der Waals surface area contributed by atoms with E-state index in [0.717, 1.165) is 5.75 Å². The van der Waals surface area contributed by atoms with E-state index in [1.165, 1.54) is 0 Å². The third kappa shape index (κ3) is 2.96. The minimum atomic E-state index is -1.07. The first-order valence-electron chi connectivity index (χ1n) is 4.99. The Morgan fingerprint density at radius 3 is 2.67 bits per heavy atom. The Bertz CT molecular complexity index is 364. The second-order valence-corrected chi connectivity index (χ2v) is 5.46. The highest BCUT2D eigenvalue weighted by molar-refractivity contribution is 7.85. The van der Waals surface area contributed by atoms with Gasteiger partial charge in [0.1, 0.15) is 5.75 Å². The molecule has 0 fully saturated rings. The molecular weight excluding hydrogens is 210 g/mol. The first-order chi connectivity index (χ1) is 7.06. The summed E-state index contributed by atoms with van der Waals surface area (Å²) < 4.78 is 17.2. The van der Waals surface area contributed by atoms with E-state index in [2.05, 4.69) is 0 Å². The molecule has 0 saturated heterocycles. The molecule has 1 rings (SSSR count). The van der Waals surface area contributed by atoms with E-state index in [0.29, 0.717) is 17.2 Å². The minimum Gasteiger partial charge on any atom is -0.494 e. The van der Waals surface area contributed by atoms with Crippen molar-refractivity contribution in [1.29, 1.82) is 0 Å². The molecule has 1 unspecified atom stereocenters. The second-order valence-electron chi connectivity index (χ2n) is 3.48. The third-order valence-electron chi connectivity index (χ3n) is 1.94. The summed E-state index contributed by atoms with van der Waals surface area (Å²) in [5.74, 6) is 0.718. The van der Waals surface area contributed by atoms with Gasteiger partial charge in [-0.1, -0.05) is 13.8 Å². The van der Waals surface area contributed by atoms with Gasteiger partial charge >= 0.3 is 0 Å². The number of ether oxygens (including phenoxy) is 1. The summed E-state index contributed by atoms with van der Waals surface area (Å²) in [5.41, 5.74) is 6.34. The number of anilines is 1. The molecule has 84 valence electrons. The van der Waals surface area contributed by atoms with E-state index >= 15 is 0 Å². The second kappa shape index (κ2) is 5.16. The molecule has 0 aliphatic rings. The molecule has 15 heavy (non-hydrogen) atoms. The van der Waals surface area contributed by atoms with Crippen LogP contribution in [0, 0.1) is 0 Å². The van der Waals surface area contributed by atoms with Crippen LogP contribution in [0.1, 0.15) is 20.8 Å². The van der Waals surface area contributed by atoms with E-state index in [9.17, 15) is 4.21 Å². The highest BCUT2D eigenvalue weighted by Crippen LogP contribution is 2.24. The van der Waals surface area contributed by atoms with Crippen molar-refractivity contribution in [2.75, 3.05) is 12.3 Å². The van der Waals surface area contributed by atoms with Crippen LogP contribution in [0.15, 0.2) is 23.1 Å². The molecule has 3 nitrogen and oxygen atoms in total. The summed E-state index contributed by atoms with van der Waals surface area (Å²) in [6.07, 6.45) is 0. The zero-order valence-corrected chi connectivity index (χ0v) is 10.1. The van der Waals surface area contributed by atoms with Crippen LogP contribution in [-0.2, 0) is 10.8 Å². The predicted octanol–water partition coefficient (Wildman–Crippen LogP) is 2.18. The van der Waals surface area contributed by atoms with Crippen LogP contribution >= 0.6 is 0 Å². The van der Waals surface area contributed by atoms with Gasteiger partial charge in [-0.2, -0.15) is 0 Å². The summed E-state index contributed by atoms with van der Waals surface area (Å²) in [7, 11) is -1.07. The van der Waals surface area contributed by atoms with Gasteiger partial charge in [-0.05, 0) is 25.1 Å². The standard InChI is InChI=1S/C11H17NO2S/c1-4-14-9-5-6-10(12)11(7-9)15(13)8(2)3/h5-8H,4,12H2,1-3H3. The van der Waals surface area contributed by atoms with Crippen molar-refractivity contribution in [3.8, 4) is 5.75 Å². The van der Waals surface area contributed by atoms with Crippen molar-refractivity contribution in [2.24, 2.45) is 0 Å². The SMILES string of the molecule is CCOc1ccc(N)c(S(=O)C(C)C)c1. The smallest absolute Gasteiger partial charge is 0.120 e. The van der Waals surface area contributed by atoms with E-state index in [-0.39, 0.29) is 5.25 Å². The minimum absolute atomic E-state index is 0.0594. The Hall–Kier alpha value is -1.03. The third-order valence-corrected chi connectivity index (χ3v) is 3.58. The van der Waals surface area contributed by atoms with Gasteiger partial charge < -0.3 is 10.5 Å². The lowest BCUT2D eigenvalue weighted by Crippen LogP contribution is -2.08. The number of nitrogen functional groups attached to an aromatic ring is 1. The molecule has 0 heterocycles. The quantitative estimate of drug-likeness (QED) is 0.802. The van der Waals surface area contributed by atoms with Crippen molar-refractivity contribution in [3.05, 3.63) is 18.2 Å². The molecule has 1 aromatic rings. The van der Waals surface area contributed by atoms with E-state index in [1.54, 1.807) is 18.2 Å². The lowest BCUT2D eigenvalue weighted by molar-refractivity contribution is 0.339. The molecule has 0 aliphatic heterocycles. The predicted molar refractivity (Wildman–Crippen MR) is 63.6 cm³/mol. The highest BCUT2D eigenvalue weighted by atomic mass is 32.2. The van der Waals surface area contributed by atoms with Gasteiger partial charge in [-0.15, -0.1) is 0 Å². The van der Waals surface area contributed by atoms with Crippen LogP contribution in [0.4, 0.5) is 5.69 Å². The number of hydrogen-bond acceptors (Lipinski definition) is 3. The van der Waals surface area contributed by atoms with Crippen molar-refractivity contribution < 1.29 is 8.95 Å². The highest BCUT2D eigenvalue weighted by Gasteiger charge is 2.12. The van der Waals surface area contributed by atoms with Gasteiger partial charge in [0.25, 0.3) is 0 Å². The van der Waals surface area contributed by atoms with Gasteiger partial charge in [-0.3, -0.25) is 4.21 Å². The normalized spacial score (nSPS) is 12.8. The van der Waals surface area contributed by atoms with Crippen LogP contribution in [0.2, 0.25) is 0 Å². The molecule has 0 spiro atoms. The Morgan fingerprint density at radius 1 is 1.47 bits per heavy atom. The number of nitrogens with two attached hydrogens (primary N) is 1. The number of benzene rings is 1. The van der Waals surface area contributed by atoms with Crippen LogP contribution in [0.5, 0.6) is 5.75 Å². The summed E-state index contributed by atoms with van der Waals surface area (Å²) in [5, 5.41) is 0.0594. The summed E-state index contributed by atoms with van der Waals surface area (Å²) in [6, 6.07) is 5.29. The average molecular weight is 227 g/mol. The first-order valence-corrected chi connectivity index (χ1v) is 6.20. The number of hydrogen-bond donors (Lipinski definition) is 1. The largest absolute Gasteiger partial charge is 0.494 e. The zero-order chi connectivity index (χ0) is 11.4. The van der Waals surface area contributed by atoms with Crippen molar-refractivity contribution in [1.82, 2.24) is 0 Å². The molecule has 4 heteroatoms. The van der Waals surface area contributed by atoms with Crippen molar-refractivity contribution >= 4 is 16.5 Å². The lowest BCUT2D eigenvalue weighted by Gasteiger charge is -2.10.